The van der Waals surface area contributed by atoms with Gasteiger partial charge in [0.05, 0.1) is 5.51 Å². The van der Waals surface area contributed by atoms with Crippen molar-refractivity contribution in [3.05, 3.63) is 52.0 Å². The summed E-state index contributed by atoms with van der Waals surface area (Å²) in [6.07, 6.45) is 1.06. The Labute approximate surface area is 104 Å². The predicted octanol–water partition coefficient (Wildman–Crippen LogP) is 2.21. The van der Waals surface area contributed by atoms with E-state index in [2.05, 4.69) is 28.5 Å². The standard InChI is InChI=1S/C13H12N2OS/c16-13(12-7-17-8-15-12)14-6-10-5-9-3-1-2-4-11(9)10/h1-4,7-8,10H,5-6H2,(H,14,16). The lowest BCUT2D eigenvalue weighted by atomic mass is 9.77. The van der Waals surface area contributed by atoms with E-state index in [1.165, 1.54) is 22.5 Å². The van der Waals surface area contributed by atoms with Crippen LogP contribution in [0.25, 0.3) is 0 Å². The number of hydrogen-bond donors (Lipinski definition) is 1. The summed E-state index contributed by atoms with van der Waals surface area (Å²) in [7, 11) is 0. The van der Waals surface area contributed by atoms with Gasteiger partial charge < -0.3 is 5.32 Å². The van der Waals surface area contributed by atoms with Crippen molar-refractivity contribution in [3.8, 4) is 0 Å². The van der Waals surface area contributed by atoms with Gasteiger partial charge in [-0.3, -0.25) is 4.79 Å². The number of carbonyl (C=O) groups excluding carboxylic acids is 1. The molecule has 1 unspecified atom stereocenters. The smallest absolute Gasteiger partial charge is 0.270 e. The van der Waals surface area contributed by atoms with E-state index < -0.39 is 0 Å². The summed E-state index contributed by atoms with van der Waals surface area (Å²) in [5.74, 6) is 0.393. The summed E-state index contributed by atoms with van der Waals surface area (Å²) >= 11 is 1.44. The van der Waals surface area contributed by atoms with Crippen molar-refractivity contribution in [2.24, 2.45) is 0 Å². The molecule has 3 rings (SSSR count). The van der Waals surface area contributed by atoms with Crippen molar-refractivity contribution in [3.63, 3.8) is 0 Å². The van der Waals surface area contributed by atoms with Gasteiger partial charge in [0.15, 0.2) is 0 Å². The number of aromatic nitrogens is 1. The van der Waals surface area contributed by atoms with Gasteiger partial charge in [0, 0.05) is 17.8 Å². The molecule has 0 fully saturated rings. The monoisotopic (exact) mass is 244 g/mol. The van der Waals surface area contributed by atoms with Crippen LogP contribution >= 0.6 is 11.3 Å². The Kier molecular flexibility index (Phi) is 2.65. The van der Waals surface area contributed by atoms with Crippen molar-refractivity contribution in [1.29, 1.82) is 0 Å². The summed E-state index contributed by atoms with van der Waals surface area (Å²) < 4.78 is 0. The Morgan fingerprint density at radius 2 is 2.35 bits per heavy atom. The first-order valence-corrected chi connectivity index (χ1v) is 6.53. The molecule has 0 radical (unpaired) electrons. The minimum Gasteiger partial charge on any atom is -0.350 e. The van der Waals surface area contributed by atoms with Crippen molar-refractivity contribution in [2.75, 3.05) is 6.54 Å². The molecule has 2 aromatic rings. The number of nitrogens with one attached hydrogen (secondary N) is 1. The number of hydrogen-bond acceptors (Lipinski definition) is 3. The summed E-state index contributed by atoms with van der Waals surface area (Å²) in [5, 5.41) is 4.70. The highest BCUT2D eigenvalue weighted by Gasteiger charge is 2.25. The van der Waals surface area contributed by atoms with Crippen LogP contribution in [-0.2, 0) is 6.42 Å². The van der Waals surface area contributed by atoms with Crippen LogP contribution in [0.1, 0.15) is 27.5 Å². The molecule has 0 saturated carbocycles. The minimum absolute atomic E-state index is 0.0735. The topological polar surface area (TPSA) is 42.0 Å². The average molecular weight is 244 g/mol. The highest BCUT2D eigenvalue weighted by atomic mass is 32.1. The summed E-state index contributed by atoms with van der Waals surface area (Å²) in [5.41, 5.74) is 4.96. The molecule has 3 nitrogen and oxygen atoms in total. The Bertz CT molecular complexity index is 536. The molecule has 86 valence electrons. The van der Waals surface area contributed by atoms with Crippen LogP contribution in [0.4, 0.5) is 0 Å². The van der Waals surface area contributed by atoms with Gasteiger partial charge in [0.1, 0.15) is 5.69 Å². The molecule has 1 atom stereocenters. The van der Waals surface area contributed by atoms with Crippen LogP contribution in [0.5, 0.6) is 0 Å². The normalized spacial score (nSPS) is 17.1. The van der Waals surface area contributed by atoms with Gasteiger partial charge in [-0.15, -0.1) is 11.3 Å². The van der Waals surface area contributed by atoms with E-state index in [1.807, 2.05) is 6.07 Å². The second kappa shape index (κ2) is 4.30. The largest absolute Gasteiger partial charge is 0.350 e. The maximum absolute atomic E-state index is 11.7. The summed E-state index contributed by atoms with van der Waals surface area (Å²) in [4.78, 5) is 15.7. The third-order valence-corrected chi connectivity index (χ3v) is 3.72. The van der Waals surface area contributed by atoms with Crippen LogP contribution in [0, 0.1) is 0 Å². The van der Waals surface area contributed by atoms with E-state index in [1.54, 1.807) is 10.9 Å². The van der Waals surface area contributed by atoms with Gasteiger partial charge in [-0.25, -0.2) is 4.98 Å². The number of rotatable bonds is 3. The minimum atomic E-state index is -0.0735. The quantitative estimate of drug-likeness (QED) is 0.899. The molecule has 4 heteroatoms. The fraction of sp³-hybridized carbons (Fsp3) is 0.231. The molecule has 1 aliphatic rings. The number of carbonyl (C=O) groups is 1. The number of fused-ring (bicyclic) bond motifs is 1. The molecule has 1 aliphatic carbocycles. The summed E-state index contributed by atoms with van der Waals surface area (Å²) in [6.45, 7) is 0.702. The van der Waals surface area contributed by atoms with Crippen LogP contribution < -0.4 is 5.32 Å². The first-order valence-electron chi connectivity index (χ1n) is 5.59. The molecule has 0 spiro atoms. The molecule has 0 bridgehead atoms. The first-order chi connectivity index (χ1) is 8.34. The number of thiazole rings is 1. The van der Waals surface area contributed by atoms with Gasteiger partial charge in [0.25, 0.3) is 5.91 Å². The Morgan fingerprint density at radius 3 is 3.12 bits per heavy atom. The fourth-order valence-corrected chi connectivity index (χ4v) is 2.71. The van der Waals surface area contributed by atoms with Crippen LogP contribution in [0.15, 0.2) is 35.2 Å². The molecule has 0 saturated heterocycles. The molecular weight excluding hydrogens is 232 g/mol. The van der Waals surface area contributed by atoms with Crippen molar-refractivity contribution in [1.82, 2.24) is 10.3 Å². The Hall–Kier alpha value is -1.68. The molecule has 1 amide bonds. The van der Waals surface area contributed by atoms with Crippen molar-refractivity contribution >= 4 is 17.2 Å². The third-order valence-electron chi connectivity index (χ3n) is 3.14. The molecule has 1 aromatic heterocycles. The number of benzene rings is 1. The van der Waals surface area contributed by atoms with Gasteiger partial charge >= 0.3 is 0 Å². The Morgan fingerprint density at radius 1 is 1.47 bits per heavy atom. The fourth-order valence-electron chi connectivity index (χ4n) is 2.18. The van der Waals surface area contributed by atoms with E-state index in [4.69, 9.17) is 0 Å². The summed E-state index contributed by atoms with van der Waals surface area (Å²) in [6, 6.07) is 8.39. The first kappa shape index (κ1) is 10.5. The van der Waals surface area contributed by atoms with Crippen molar-refractivity contribution < 1.29 is 4.79 Å². The van der Waals surface area contributed by atoms with Crippen LogP contribution in [0.2, 0.25) is 0 Å². The molecule has 1 N–H and O–H groups in total. The molecular formula is C13H12N2OS. The second-order valence-corrected chi connectivity index (χ2v) is 4.90. The zero-order valence-corrected chi connectivity index (χ0v) is 10.0. The lowest BCUT2D eigenvalue weighted by molar-refractivity contribution is 0.0946. The molecule has 1 aromatic carbocycles. The SMILES string of the molecule is O=C(NCC1Cc2ccccc21)c1cscn1. The van der Waals surface area contributed by atoms with E-state index in [0.717, 1.165) is 6.42 Å². The van der Waals surface area contributed by atoms with E-state index in [9.17, 15) is 4.79 Å². The van der Waals surface area contributed by atoms with Crippen LogP contribution in [0.3, 0.4) is 0 Å². The van der Waals surface area contributed by atoms with E-state index in [-0.39, 0.29) is 5.91 Å². The van der Waals surface area contributed by atoms with Gasteiger partial charge in [-0.1, -0.05) is 24.3 Å². The average Bonchev–Trinajstić information content (AvgIpc) is 2.83. The Balaban J connectivity index is 1.59. The zero-order valence-electron chi connectivity index (χ0n) is 9.22. The lowest BCUT2D eigenvalue weighted by Crippen LogP contribution is -2.33. The van der Waals surface area contributed by atoms with Gasteiger partial charge in [0.2, 0.25) is 0 Å². The second-order valence-electron chi connectivity index (χ2n) is 4.18. The third kappa shape index (κ3) is 1.96. The molecule has 1 heterocycles. The highest BCUT2D eigenvalue weighted by molar-refractivity contribution is 7.07. The van der Waals surface area contributed by atoms with E-state index >= 15 is 0 Å². The maximum Gasteiger partial charge on any atom is 0.270 e. The highest BCUT2D eigenvalue weighted by Crippen LogP contribution is 2.33. The predicted molar refractivity (Wildman–Crippen MR) is 67.3 cm³/mol. The van der Waals surface area contributed by atoms with Crippen LogP contribution in [-0.4, -0.2) is 17.4 Å². The zero-order chi connectivity index (χ0) is 11.7. The van der Waals surface area contributed by atoms with Gasteiger partial charge in [-0.2, -0.15) is 0 Å². The lowest BCUT2D eigenvalue weighted by Gasteiger charge is -2.30. The van der Waals surface area contributed by atoms with Gasteiger partial charge in [-0.05, 0) is 17.5 Å². The number of amides is 1. The van der Waals surface area contributed by atoms with Crippen molar-refractivity contribution in [2.45, 2.75) is 12.3 Å². The molecule has 0 aliphatic heterocycles. The molecule has 17 heavy (non-hydrogen) atoms. The number of nitrogens with zero attached hydrogens (tertiary/aromatic N) is 1. The maximum atomic E-state index is 11.7. The van der Waals surface area contributed by atoms with E-state index in [0.29, 0.717) is 18.2 Å².